The fourth-order valence-electron chi connectivity index (χ4n) is 3.62. The van der Waals surface area contributed by atoms with Crippen molar-refractivity contribution in [1.82, 2.24) is 14.8 Å². The van der Waals surface area contributed by atoms with Gasteiger partial charge in [0.05, 0.1) is 18.1 Å². The third kappa shape index (κ3) is 5.24. The van der Waals surface area contributed by atoms with E-state index in [2.05, 4.69) is 21.2 Å². The number of nitrogens with one attached hydrogen (secondary N) is 1. The molecule has 2 heterocycles. The van der Waals surface area contributed by atoms with E-state index in [1.54, 1.807) is 42.1 Å². The molecule has 3 aromatic rings. The molecule has 4 rings (SSSR count). The maximum absolute atomic E-state index is 14.0. The summed E-state index contributed by atoms with van der Waals surface area (Å²) in [4.78, 5) is 39.1. The average Bonchev–Trinajstić information content (AvgIpc) is 3.26. The Morgan fingerprint density at radius 1 is 1.24 bits per heavy atom. The number of fused-ring (bicyclic) bond motifs is 1. The zero-order valence-electron chi connectivity index (χ0n) is 18.2. The molecule has 1 aliphatic heterocycles. The van der Waals surface area contributed by atoms with Gasteiger partial charge in [-0.2, -0.15) is 0 Å². The molecule has 2 aromatic carbocycles. The van der Waals surface area contributed by atoms with Gasteiger partial charge in [0.2, 0.25) is 5.91 Å². The highest BCUT2D eigenvalue weighted by atomic mass is 79.9. The third-order valence-electron chi connectivity index (χ3n) is 5.26. The van der Waals surface area contributed by atoms with Crippen LogP contribution in [-0.2, 0) is 27.4 Å². The molecule has 0 radical (unpaired) electrons. The van der Waals surface area contributed by atoms with Gasteiger partial charge in [-0.05, 0) is 42.1 Å². The lowest BCUT2D eigenvalue weighted by Crippen LogP contribution is -2.30. The summed E-state index contributed by atoms with van der Waals surface area (Å²) in [6, 6.07) is 11.7. The van der Waals surface area contributed by atoms with Crippen LogP contribution in [0.4, 0.5) is 9.18 Å². The van der Waals surface area contributed by atoms with Gasteiger partial charge in [-0.3, -0.25) is 19.3 Å². The Kier molecular flexibility index (Phi) is 7.50. The van der Waals surface area contributed by atoms with Crippen molar-refractivity contribution in [3.8, 4) is 0 Å². The molecule has 0 spiro atoms. The minimum Gasteiger partial charge on any atom is -0.383 e. The number of hydrogen-bond donors (Lipinski definition) is 1. The van der Waals surface area contributed by atoms with Gasteiger partial charge in [-0.1, -0.05) is 34.1 Å². The predicted molar refractivity (Wildman–Crippen MR) is 132 cm³/mol. The van der Waals surface area contributed by atoms with Gasteiger partial charge in [0.1, 0.15) is 12.4 Å². The van der Waals surface area contributed by atoms with Crippen molar-refractivity contribution in [2.45, 2.75) is 13.1 Å². The summed E-state index contributed by atoms with van der Waals surface area (Å²) in [5.41, 5.74) is 1.77. The maximum Gasteiger partial charge on any atom is 0.293 e. The molecule has 1 aliphatic rings. The Hall–Kier alpha value is -2.95. The summed E-state index contributed by atoms with van der Waals surface area (Å²) in [5, 5.41) is 3.15. The van der Waals surface area contributed by atoms with Crippen LogP contribution in [0.1, 0.15) is 11.1 Å². The molecule has 1 aromatic heterocycles. The van der Waals surface area contributed by atoms with E-state index in [-0.39, 0.29) is 29.5 Å². The van der Waals surface area contributed by atoms with Crippen LogP contribution in [0.2, 0.25) is 0 Å². The lowest BCUT2D eigenvalue weighted by atomic mass is 10.1. The first-order chi connectivity index (χ1) is 16.4. The first kappa shape index (κ1) is 24.2. The molecule has 0 aliphatic carbocycles. The number of methoxy groups -OCH3 is 1. The van der Waals surface area contributed by atoms with Crippen LogP contribution in [0.25, 0.3) is 17.0 Å². The van der Waals surface area contributed by atoms with E-state index >= 15 is 0 Å². The fraction of sp³-hybridized carbons (Fsp3) is 0.208. The van der Waals surface area contributed by atoms with E-state index in [9.17, 15) is 18.8 Å². The van der Waals surface area contributed by atoms with E-state index in [1.165, 1.54) is 6.07 Å². The van der Waals surface area contributed by atoms with Gasteiger partial charge < -0.3 is 14.6 Å². The standard InChI is InChI=1S/C24H21BrFN3O4S/c1-33-9-8-27-22(30)14-28-12-16(18-11-17(25)6-7-20(18)28)10-21-23(31)29(24(32)34-21)13-15-4-2-3-5-19(15)26/h2-7,10-12H,8-9,13-14H2,1H3,(H,27,30)/b21-10-. The number of carbonyl (C=O) groups is 3. The van der Waals surface area contributed by atoms with Crippen molar-refractivity contribution < 1.29 is 23.5 Å². The van der Waals surface area contributed by atoms with Crippen LogP contribution in [0, 0.1) is 5.82 Å². The zero-order chi connectivity index (χ0) is 24.2. The first-order valence-electron chi connectivity index (χ1n) is 10.4. The predicted octanol–water partition coefficient (Wildman–Crippen LogP) is 4.54. The van der Waals surface area contributed by atoms with Gasteiger partial charge in [0, 0.05) is 46.4 Å². The second kappa shape index (κ2) is 10.5. The molecule has 0 bridgehead atoms. The molecule has 176 valence electrons. The number of benzene rings is 2. The Labute approximate surface area is 208 Å². The van der Waals surface area contributed by atoms with Gasteiger partial charge in [-0.15, -0.1) is 0 Å². The van der Waals surface area contributed by atoms with E-state index in [0.717, 1.165) is 32.0 Å². The van der Waals surface area contributed by atoms with E-state index < -0.39 is 17.0 Å². The van der Waals surface area contributed by atoms with Crippen molar-refractivity contribution in [2.75, 3.05) is 20.3 Å². The summed E-state index contributed by atoms with van der Waals surface area (Å²) in [7, 11) is 1.56. The lowest BCUT2D eigenvalue weighted by Gasteiger charge is -2.12. The number of hydrogen-bond acceptors (Lipinski definition) is 5. The minimum atomic E-state index is -0.480. The largest absolute Gasteiger partial charge is 0.383 e. The SMILES string of the molecule is COCCNC(=O)Cn1cc(/C=C2\SC(=O)N(Cc3ccccc3F)C2=O)c2cc(Br)ccc21. The Morgan fingerprint density at radius 2 is 2.03 bits per heavy atom. The minimum absolute atomic E-state index is 0.0877. The summed E-state index contributed by atoms with van der Waals surface area (Å²) in [6.07, 6.45) is 3.41. The van der Waals surface area contributed by atoms with Crippen LogP contribution in [0.5, 0.6) is 0 Å². The number of amides is 3. The fourth-order valence-corrected chi connectivity index (χ4v) is 4.81. The van der Waals surface area contributed by atoms with Crippen molar-refractivity contribution in [2.24, 2.45) is 0 Å². The third-order valence-corrected chi connectivity index (χ3v) is 6.66. The number of rotatable bonds is 8. The Bertz CT molecular complexity index is 1310. The molecule has 7 nitrogen and oxygen atoms in total. The highest BCUT2D eigenvalue weighted by molar-refractivity contribution is 9.10. The number of thioether (sulfide) groups is 1. The summed E-state index contributed by atoms with van der Waals surface area (Å²) in [6.45, 7) is 0.773. The zero-order valence-corrected chi connectivity index (χ0v) is 20.6. The van der Waals surface area contributed by atoms with Crippen LogP contribution in [0.3, 0.4) is 0 Å². The molecule has 0 atom stereocenters. The van der Waals surface area contributed by atoms with Gasteiger partial charge >= 0.3 is 0 Å². The molecular weight excluding hydrogens is 525 g/mol. The Morgan fingerprint density at radius 3 is 2.79 bits per heavy atom. The number of aromatic nitrogens is 1. The summed E-state index contributed by atoms with van der Waals surface area (Å²) in [5.74, 6) is -1.12. The number of imide groups is 1. The normalized spacial score (nSPS) is 15.0. The molecule has 34 heavy (non-hydrogen) atoms. The molecule has 1 N–H and O–H groups in total. The number of ether oxygens (including phenoxy) is 1. The summed E-state index contributed by atoms with van der Waals surface area (Å²) >= 11 is 4.28. The molecule has 10 heteroatoms. The molecule has 0 unspecified atom stereocenters. The molecule has 3 amide bonds. The van der Waals surface area contributed by atoms with Crippen molar-refractivity contribution in [3.63, 3.8) is 0 Å². The first-order valence-corrected chi connectivity index (χ1v) is 12.0. The summed E-state index contributed by atoms with van der Waals surface area (Å²) < 4.78 is 21.6. The highest BCUT2D eigenvalue weighted by Crippen LogP contribution is 2.35. The van der Waals surface area contributed by atoms with Gasteiger partial charge in [-0.25, -0.2) is 4.39 Å². The average molecular weight is 546 g/mol. The second-order valence-corrected chi connectivity index (χ2v) is 9.48. The van der Waals surface area contributed by atoms with Crippen LogP contribution < -0.4 is 5.32 Å². The van der Waals surface area contributed by atoms with E-state index in [4.69, 9.17) is 4.74 Å². The Balaban J connectivity index is 1.62. The monoisotopic (exact) mass is 545 g/mol. The highest BCUT2D eigenvalue weighted by Gasteiger charge is 2.35. The van der Waals surface area contributed by atoms with Crippen LogP contribution >= 0.6 is 27.7 Å². The van der Waals surface area contributed by atoms with E-state index in [0.29, 0.717) is 18.7 Å². The topological polar surface area (TPSA) is 80.6 Å². The molecular formula is C24H21BrFN3O4S. The van der Waals surface area contributed by atoms with Crippen LogP contribution in [0.15, 0.2) is 58.0 Å². The maximum atomic E-state index is 14.0. The lowest BCUT2D eigenvalue weighted by molar-refractivity contribution is -0.123. The van der Waals surface area contributed by atoms with Gasteiger partial charge in [0.15, 0.2) is 0 Å². The molecule has 0 saturated carbocycles. The van der Waals surface area contributed by atoms with Crippen molar-refractivity contribution in [1.29, 1.82) is 0 Å². The van der Waals surface area contributed by atoms with Crippen molar-refractivity contribution >= 4 is 61.7 Å². The molecule has 1 fully saturated rings. The second-order valence-electron chi connectivity index (χ2n) is 7.58. The quantitative estimate of drug-likeness (QED) is 0.332. The van der Waals surface area contributed by atoms with Gasteiger partial charge in [0.25, 0.3) is 11.1 Å². The van der Waals surface area contributed by atoms with Crippen LogP contribution in [-0.4, -0.2) is 46.8 Å². The number of carbonyl (C=O) groups excluding carboxylic acids is 3. The number of halogens is 2. The number of nitrogens with zero attached hydrogens (tertiary/aromatic N) is 2. The van der Waals surface area contributed by atoms with Crippen molar-refractivity contribution in [3.05, 3.63) is 75.0 Å². The smallest absolute Gasteiger partial charge is 0.293 e. The molecule has 1 saturated heterocycles. The van der Waals surface area contributed by atoms with E-state index in [1.807, 2.05) is 18.2 Å².